The van der Waals surface area contributed by atoms with Gasteiger partial charge in [-0.25, -0.2) is 0 Å². The largest absolute Gasteiger partial charge is 0.481 e. The topological polar surface area (TPSA) is 121 Å². The van der Waals surface area contributed by atoms with Crippen LogP contribution < -0.4 is 0 Å². The molecule has 0 heterocycles. The number of carboxylic acids is 1. The predicted octanol–water partition coefficient (Wildman–Crippen LogP) is 0.597. The van der Waals surface area contributed by atoms with E-state index in [-0.39, 0.29) is 19.0 Å². The number of carbonyl (C=O) groups is 2. The van der Waals surface area contributed by atoms with E-state index in [9.17, 15) is 14.2 Å². The molecule has 0 aliphatic heterocycles. The Kier molecular flexibility index (Phi) is 6.37. The molecule has 7 nitrogen and oxygen atoms in total. The number of hydrogen-bond donors (Lipinski definition) is 3. The average molecular weight is 268 g/mol. The number of esters is 1. The zero-order chi connectivity index (χ0) is 13.6. The lowest BCUT2D eigenvalue weighted by molar-refractivity contribution is -0.156. The van der Waals surface area contributed by atoms with Crippen molar-refractivity contribution in [3.8, 4) is 0 Å². The summed E-state index contributed by atoms with van der Waals surface area (Å²) in [5.74, 6) is -2.64. The number of carbonyl (C=O) groups excluding carboxylic acids is 1. The second-order valence-corrected chi connectivity index (χ2v) is 5.58. The Labute approximate surface area is 98.9 Å². The van der Waals surface area contributed by atoms with Gasteiger partial charge in [-0.15, -0.1) is 0 Å². The first kappa shape index (κ1) is 16.1. The van der Waals surface area contributed by atoms with E-state index < -0.39 is 31.6 Å². The summed E-state index contributed by atoms with van der Waals surface area (Å²) < 4.78 is 15.4. The summed E-state index contributed by atoms with van der Waals surface area (Å²) in [5, 5.41) is 8.78. The van der Waals surface area contributed by atoms with E-state index in [2.05, 4.69) is 0 Å². The van der Waals surface area contributed by atoms with Crippen LogP contribution in [0.3, 0.4) is 0 Å². The first-order chi connectivity index (χ1) is 7.63. The average Bonchev–Trinajstić information content (AvgIpc) is 2.12. The van der Waals surface area contributed by atoms with E-state index in [4.69, 9.17) is 19.6 Å². The quantitative estimate of drug-likeness (QED) is 0.456. The van der Waals surface area contributed by atoms with E-state index >= 15 is 0 Å². The van der Waals surface area contributed by atoms with Gasteiger partial charge in [0.25, 0.3) is 0 Å². The van der Waals surface area contributed by atoms with E-state index in [1.54, 1.807) is 0 Å². The summed E-state index contributed by atoms with van der Waals surface area (Å²) in [4.78, 5) is 38.8. The van der Waals surface area contributed by atoms with Gasteiger partial charge in [0.1, 0.15) is 6.10 Å². The summed E-state index contributed by atoms with van der Waals surface area (Å²) in [5.41, 5.74) is 0. The monoisotopic (exact) mass is 268 g/mol. The van der Waals surface area contributed by atoms with Crippen molar-refractivity contribution in [3.63, 3.8) is 0 Å². The number of carboxylic acid groups (broad SMARTS) is 1. The van der Waals surface area contributed by atoms with Gasteiger partial charge in [-0.05, 0) is 19.8 Å². The maximum absolute atomic E-state index is 10.8. The van der Waals surface area contributed by atoms with Crippen LogP contribution in [0.4, 0.5) is 0 Å². The lowest BCUT2D eigenvalue weighted by Crippen LogP contribution is -2.30. The Morgan fingerprint density at radius 2 is 1.88 bits per heavy atom. The van der Waals surface area contributed by atoms with Crippen LogP contribution in [0.25, 0.3) is 0 Å². The molecule has 0 aromatic heterocycles. The van der Waals surface area contributed by atoms with Gasteiger partial charge >= 0.3 is 19.5 Å². The maximum Gasteiger partial charge on any atom is 0.325 e. The molecule has 0 bridgehead atoms. The molecular formula is C9H17O7P. The number of aliphatic carboxylic acids is 1. The van der Waals surface area contributed by atoms with Gasteiger partial charge in [0.05, 0.1) is 5.92 Å². The summed E-state index contributed by atoms with van der Waals surface area (Å²) in [6, 6.07) is 0. The van der Waals surface area contributed by atoms with Crippen molar-refractivity contribution in [2.24, 2.45) is 5.92 Å². The van der Waals surface area contributed by atoms with Gasteiger partial charge < -0.3 is 19.6 Å². The molecule has 0 radical (unpaired) electrons. The molecule has 3 N–H and O–H groups in total. The first-order valence-electron chi connectivity index (χ1n) is 5.08. The number of rotatable bonds is 7. The molecule has 0 aliphatic rings. The molecule has 17 heavy (non-hydrogen) atoms. The van der Waals surface area contributed by atoms with Crippen molar-refractivity contribution in [1.82, 2.24) is 0 Å². The zero-order valence-corrected chi connectivity index (χ0v) is 10.6. The first-order valence-corrected chi connectivity index (χ1v) is 6.88. The minimum Gasteiger partial charge on any atom is -0.481 e. The van der Waals surface area contributed by atoms with Gasteiger partial charge in [0.2, 0.25) is 0 Å². The summed E-state index contributed by atoms with van der Waals surface area (Å²) in [6.45, 7) is 2.54. The van der Waals surface area contributed by atoms with Gasteiger partial charge in [-0.1, -0.05) is 0 Å². The molecule has 2 atom stereocenters. The molecule has 0 unspecified atom stereocenters. The van der Waals surface area contributed by atoms with Crippen molar-refractivity contribution < 1.29 is 33.8 Å². The standard InChI is InChI=1S/C9H17O7P/c1-6(9(11)12)8(16-7(2)10)4-3-5-17(13,14)15/h6,8H,3-5H2,1-2H3,(H,11,12)(H2,13,14,15)/t6-,8+/m1/s1. The summed E-state index contributed by atoms with van der Waals surface area (Å²) in [7, 11) is -4.10. The molecule has 0 aliphatic carbocycles. The van der Waals surface area contributed by atoms with Gasteiger partial charge in [0.15, 0.2) is 0 Å². The molecule has 0 fully saturated rings. The van der Waals surface area contributed by atoms with Crippen LogP contribution in [0.1, 0.15) is 26.7 Å². The second kappa shape index (κ2) is 6.74. The Morgan fingerprint density at radius 3 is 2.24 bits per heavy atom. The fourth-order valence-electron chi connectivity index (χ4n) is 1.28. The molecule has 0 spiro atoms. The van der Waals surface area contributed by atoms with Crippen molar-refractivity contribution in [1.29, 1.82) is 0 Å². The number of ether oxygens (including phenoxy) is 1. The Bertz CT molecular complexity index is 321. The van der Waals surface area contributed by atoms with Crippen LogP contribution in [0.15, 0.2) is 0 Å². The highest BCUT2D eigenvalue weighted by atomic mass is 31.2. The Balaban J connectivity index is 4.34. The minimum absolute atomic E-state index is 0.0971. The third-order valence-corrected chi connectivity index (χ3v) is 3.10. The SMILES string of the molecule is CC(=O)O[C@@H](CCCP(=O)(O)O)[C@@H](C)C(=O)O. The second-order valence-electron chi connectivity index (χ2n) is 3.81. The van der Waals surface area contributed by atoms with E-state index in [1.165, 1.54) is 6.92 Å². The molecule has 100 valence electrons. The van der Waals surface area contributed by atoms with Crippen LogP contribution in [0.2, 0.25) is 0 Å². The van der Waals surface area contributed by atoms with E-state index in [0.717, 1.165) is 6.92 Å². The minimum atomic E-state index is -4.10. The fraction of sp³-hybridized carbons (Fsp3) is 0.778. The summed E-state index contributed by atoms with van der Waals surface area (Å²) >= 11 is 0. The lowest BCUT2D eigenvalue weighted by Gasteiger charge is -2.20. The van der Waals surface area contributed by atoms with Crippen molar-refractivity contribution in [2.45, 2.75) is 32.8 Å². The van der Waals surface area contributed by atoms with E-state index in [0.29, 0.717) is 0 Å². The van der Waals surface area contributed by atoms with Gasteiger partial charge in [-0.2, -0.15) is 0 Å². The molecule has 0 aromatic rings. The van der Waals surface area contributed by atoms with Crippen LogP contribution in [0, 0.1) is 5.92 Å². The van der Waals surface area contributed by atoms with Gasteiger partial charge in [0, 0.05) is 13.1 Å². The zero-order valence-electron chi connectivity index (χ0n) is 9.70. The Hall–Kier alpha value is -0.910. The van der Waals surface area contributed by atoms with Crippen molar-refractivity contribution >= 4 is 19.5 Å². The van der Waals surface area contributed by atoms with Crippen LogP contribution in [-0.4, -0.2) is 39.1 Å². The highest BCUT2D eigenvalue weighted by Gasteiger charge is 2.26. The van der Waals surface area contributed by atoms with E-state index in [1.807, 2.05) is 0 Å². The molecular weight excluding hydrogens is 251 g/mol. The third-order valence-electron chi connectivity index (χ3n) is 2.20. The fourth-order valence-corrected chi connectivity index (χ4v) is 1.88. The predicted molar refractivity (Wildman–Crippen MR) is 58.5 cm³/mol. The molecule has 8 heteroatoms. The lowest BCUT2D eigenvalue weighted by atomic mass is 10.0. The third kappa shape index (κ3) is 7.90. The highest BCUT2D eigenvalue weighted by molar-refractivity contribution is 7.51. The normalized spacial score (nSPS) is 15.1. The number of hydrogen-bond acceptors (Lipinski definition) is 4. The molecule has 0 saturated carbocycles. The molecule has 0 rings (SSSR count). The summed E-state index contributed by atoms with van der Waals surface area (Å²) in [6.07, 6.45) is -1.01. The highest BCUT2D eigenvalue weighted by Crippen LogP contribution is 2.35. The maximum atomic E-state index is 10.8. The molecule has 0 aromatic carbocycles. The van der Waals surface area contributed by atoms with Gasteiger partial charge in [-0.3, -0.25) is 14.2 Å². The molecule has 0 amide bonds. The van der Waals surface area contributed by atoms with Crippen molar-refractivity contribution in [3.05, 3.63) is 0 Å². The van der Waals surface area contributed by atoms with Crippen LogP contribution in [0.5, 0.6) is 0 Å². The van der Waals surface area contributed by atoms with Crippen LogP contribution in [-0.2, 0) is 18.9 Å². The van der Waals surface area contributed by atoms with Crippen LogP contribution >= 0.6 is 7.60 Å². The smallest absolute Gasteiger partial charge is 0.325 e. The van der Waals surface area contributed by atoms with Crippen molar-refractivity contribution in [2.75, 3.05) is 6.16 Å². The molecule has 0 saturated heterocycles. The Morgan fingerprint density at radius 1 is 1.35 bits per heavy atom.